The monoisotopic (exact) mass is 317 g/mol. The molecule has 17 heavy (non-hydrogen) atoms. The predicted molar refractivity (Wildman–Crippen MR) is 75.4 cm³/mol. The van der Waals surface area contributed by atoms with Gasteiger partial charge in [0.05, 0.1) is 0 Å². The van der Waals surface area contributed by atoms with Crippen LogP contribution in [0.25, 0.3) is 0 Å². The van der Waals surface area contributed by atoms with Crippen molar-refractivity contribution in [1.82, 2.24) is 4.90 Å². The highest BCUT2D eigenvalue weighted by molar-refractivity contribution is 9.10. The first-order chi connectivity index (χ1) is 8.01. The molecule has 0 aliphatic carbocycles. The minimum absolute atomic E-state index is 0.0405. The van der Waals surface area contributed by atoms with Gasteiger partial charge in [-0.1, -0.05) is 28.1 Å². The van der Waals surface area contributed by atoms with Crippen LogP contribution in [0.4, 0.5) is 0 Å². The Balaban J connectivity index is 2.95. The molecule has 0 aliphatic rings. The number of alkyl halides is 1. The number of carbonyl (C=O) groups excluding carboxylic acids is 1. The number of likely N-dealkylation sites (N-methyl/N-ethyl adjacent to an activating group) is 1. The third-order valence-electron chi connectivity index (χ3n) is 2.72. The average Bonchev–Trinajstić information content (AvgIpc) is 2.29. The topological polar surface area (TPSA) is 20.3 Å². The van der Waals surface area contributed by atoms with Crippen molar-refractivity contribution in [3.63, 3.8) is 0 Å². The van der Waals surface area contributed by atoms with Gasteiger partial charge in [-0.2, -0.15) is 0 Å². The quantitative estimate of drug-likeness (QED) is 0.771. The van der Waals surface area contributed by atoms with Gasteiger partial charge in [0.1, 0.15) is 5.38 Å². The molecule has 1 rings (SSSR count). The molecule has 1 amide bonds. The summed E-state index contributed by atoms with van der Waals surface area (Å²) in [5.41, 5.74) is 1.97. The van der Waals surface area contributed by atoms with Gasteiger partial charge in [-0.25, -0.2) is 0 Å². The van der Waals surface area contributed by atoms with Crippen molar-refractivity contribution >= 4 is 33.4 Å². The molecule has 94 valence electrons. The van der Waals surface area contributed by atoms with Gasteiger partial charge in [-0.15, -0.1) is 11.6 Å². The largest absolute Gasteiger partial charge is 0.342 e. The van der Waals surface area contributed by atoms with Gasteiger partial charge in [0.2, 0.25) is 5.91 Å². The third-order valence-corrected chi connectivity index (χ3v) is 3.83. The van der Waals surface area contributed by atoms with Gasteiger partial charge in [-0.3, -0.25) is 4.79 Å². The Morgan fingerprint density at radius 3 is 2.47 bits per heavy atom. The van der Waals surface area contributed by atoms with Gasteiger partial charge in [0.15, 0.2) is 0 Å². The Morgan fingerprint density at radius 1 is 1.41 bits per heavy atom. The minimum Gasteiger partial charge on any atom is -0.342 e. The zero-order valence-electron chi connectivity index (χ0n) is 10.3. The number of benzene rings is 1. The summed E-state index contributed by atoms with van der Waals surface area (Å²) >= 11 is 9.70. The second-order valence-corrected chi connectivity index (χ2v) is 5.19. The first-order valence-corrected chi connectivity index (χ1v) is 6.93. The van der Waals surface area contributed by atoms with Crippen LogP contribution in [0.5, 0.6) is 0 Å². The van der Waals surface area contributed by atoms with E-state index >= 15 is 0 Å². The van der Waals surface area contributed by atoms with Crippen molar-refractivity contribution in [2.45, 2.75) is 26.1 Å². The fraction of sp³-hybridized carbons (Fsp3) is 0.462. The number of hydrogen-bond donors (Lipinski definition) is 0. The molecule has 0 aliphatic heterocycles. The average molecular weight is 319 g/mol. The Hall–Kier alpha value is -0.540. The standard InChI is InChI=1S/C13H17BrClNO/c1-4-16(5-2)13(17)12(15)10-7-6-9(3)8-11(10)14/h6-8,12H,4-5H2,1-3H3. The van der Waals surface area contributed by atoms with Crippen LogP contribution < -0.4 is 0 Å². The van der Waals surface area contributed by atoms with Crippen LogP contribution in [0.3, 0.4) is 0 Å². The maximum atomic E-state index is 12.1. The summed E-state index contributed by atoms with van der Waals surface area (Å²) in [5, 5.41) is -0.620. The van der Waals surface area contributed by atoms with Crippen LogP contribution in [-0.4, -0.2) is 23.9 Å². The van der Waals surface area contributed by atoms with E-state index in [1.165, 1.54) is 0 Å². The normalized spacial score (nSPS) is 12.3. The lowest BCUT2D eigenvalue weighted by molar-refractivity contribution is -0.130. The van der Waals surface area contributed by atoms with Crippen LogP contribution in [0.2, 0.25) is 0 Å². The van der Waals surface area contributed by atoms with Gasteiger partial charge in [0, 0.05) is 17.6 Å². The number of hydrogen-bond acceptors (Lipinski definition) is 1. The van der Waals surface area contributed by atoms with E-state index in [0.29, 0.717) is 13.1 Å². The number of aryl methyl sites for hydroxylation is 1. The van der Waals surface area contributed by atoms with Crippen LogP contribution in [-0.2, 0) is 4.79 Å². The molecule has 0 saturated heterocycles. The maximum absolute atomic E-state index is 12.1. The zero-order chi connectivity index (χ0) is 13.0. The van der Waals surface area contributed by atoms with E-state index in [1.807, 2.05) is 39.0 Å². The predicted octanol–water partition coefficient (Wildman–Crippen LogP) is 3.91. The van der Waals surface area contributed by atoms with Crippen LogP contribution in [0, 0.1) is 6.92 Å². The van der Waals surface area contributed by atoms with Gasteiger partial charge < -0.3 is 4.90 Å². The molecule has 0 heterocycles. The second kappa shape index (κ2) is 6.41. The van der Waals surface area contributed by atoms with E-state index in [0.717, 1.165) is 15.6 Å². The Morgan fingerprint density at radius 2 is 2.00 bits per heavy atom. The van der Waals surface area contributed by atoms with Crippen molar-refractivity contribution < 1.29 is 4.79 Å². The summed E-state index contributed by atoms with van der Waals surface area (Å²) in [6.45, 7) is 7.28. The van der Waals surface area contributed by atoms with Crippen molar-refractivity contribution in [3.05, 3.63) is 33.8 Å². The molecule has 0 spiro atoms. The molecule has 1 aromatic rings. The van der Waals surface area contributed by atoms with Gasteiger partial charge in [0.25, 0.3) is 0 Å². The molecular weight excluding hydrogens is 302 g/mol. The second-order valence-electron chi connectivity index (χ2n) is 3.90. The first-order valence-electron chi connectivity index (χ1n) is 5.70. The van der Waals surface area contributed by atoms with E-state index in [9.17, 15) is 4.79 Å². The van der Waals surface area contributed by atoms with Crippen molar-refractivity contribution in [3.8, 4) is 0 Å². The first kappa shape index (κ1) is 14.5. The van der Waals surface area contributed by atoms with E-state index < -0.39 is 5.38 Å². The Kier molecular flexibility index (Phi) is 5.47. The molecule has 4 heteroatoms. The van der Waals surface area contributed by atoms with E-state index in [4.69, 9.17) is 11.6 Å². The molecule has 0 N–H and O–H groups in total. The fourth-order valence-electron chi connectivity index (χ4n) is 1.67. The number of halogens is 2. The van der Waals surface area contributed by atoms with Crippen LogP contribution in [0.15, 0.2) is 22.7 Å². The molecule has 1 unspecified atom stereocenters. The molecule has 2 nitrogen and oxygen atoms in total. The maximum Gasteiger partial charge on any atom is 0.245 e. The highest BCUT2D eigenvalue weighted by Crippen LogP contribution is 2.30. The SMILES string of the molecule is CCN(CC)C(=O)C(Cl)c1ccc(C)cc1Br. The van der Waals surface area contributed by atoms with Crippen molar-refractivity contribution in [2.75, 3.05) is 13.1 Å². The zero-order valence-corrected chi connectivity index (χ0v) is 12.7. The van der Waals surface area contributed by atoms with E-state index in [1.54, 1.807) is 4.90 Å². The van der Waals surface area contributed by atoms with E-state index in [2.05, 4.69) is 15.9 Å². The smallest absolute Gasteiger partial charge is 0.245 e. The Labute approximate surface area is 116 Å². The molecule has 0 aromatic heterocycles. The highest BCUT2D eigenvalue weighted by atomic mass is 79.9. The lowest BCUT2D eigenvalue weighted by Crippen LogP contribution is -2.33. The third kappa shape index (κ3) is 3.46. The molecule has 1 atom stereocenters. The summed E-state index contributed by atoms with van der Waals surface area (Å²) in [4.78, 5) is 13.9. The number of rotatable bonds is 4. The molecule has 0 saturated carbocycles. The number of amides is 1. The van der Waals surface area contributed by atoms with Crippen LogP contribution in [0.1, 0.15) is 30.4 Å². The van der Waals surface area contributed by atoms with Gasteiger partial charge >= 0.3 is 0 Å². The molecule has 0 bridgehead atoms. The summed E-state index contributed by atoms with van der Waals surface area (Å²) in [6, 6.07) is 5.84. The Bertz CT molecular complexity index is 404. The molecule has 1 aromatic carbocycles. The molecular formula is C13H17BrClNO. The summed E-state index contributed by atoms with van der Waals surface area (Å²) in [7, 11) is 0. The molecule has 0 radical (unpaired) electrons. The lowest BCUT2D eigenvalue weighted by atomic mass is 10.1. The van der Waals surface area contributed by atoms with Gasteiger partial charge in [-0.05, 0) is 38.0 Å². The lowest BCUT2D eigenvalue weighted by Gasteiger charge is -2.22. The number of nitrogens with zero attached hydrogens (tertiary/aromatic N) is 1. The van der Waals surface area contributed by atoms with Crippen molar-refractivity contribution in [1.29, 1.82) is 0 Å². The molecule has 0 fully saturated rings. The number of carbonyl (C=O) groups is 1. The summed E-state index contributed by atoms with van der Waals surface area (Å²) < 4.78 is 0.887. The minimum atomic E-state index is -0.620. The van der Waals surface area contributed by atoms with Crippen molar-refractivity contribution in [2.24, 2.45) is 0 Å². The highest BCUT2D eigenvalue weighted by Gasteiger charge is 2.23. The fourth-order valence-corrected chi connectivity index (χ4v) is 2.85. The summed E-state index contributed by atoms with van der Waals surface area (Å²) in [5.74, 6) is -0.0405. The summed E-state index contributed by atoms with van der Waals surface area (Å²) in [6.07, 6.45) is 0. The van der Waals surface area contributed by atoms with Crippen LogP contribution >= 0.6 is 27.5 Å². The van der Waals surface area contributed by atoms with E-state index in [-0.39, 0.29) is 5.91 Å².